The Morgan fingerprint density at radius 3 is 2.62 bits per heavy atom. The van der Waals surface area contributed by atoms with E-state index in [-0.39, 0.29) is 17.4 Å². The van der Waals surface area contributed by atoms with Crippen molar-refractivity contribution in [3.63, 3.8) is 0 Å². The molecule has 4 rings (SSSR count). The molecular formula is C22H22FN5O4. The molecule has 0 saturated heterocycles. The van der Waals surface area contributed by atoms with Gasteiger partial charge in [0, 0.05) is 38.2 Å². The number of aromatic nitrogens is 2. The number of carbonyl (C=O) groups is 1. The van der Waals surface area contributed by atoms with Crippen LogP contribution in [0.25, 0.3) is 11.1 Å². The monoisotopic (exact) mass is 439 g/mol. The van der Waals surface area contributed by atoms with Crippen LogP contribution in [0.2, 0.25) is 0 Å². The van der Waals surface area contributed by atoms with E-state index in [1.54, 1.807) is 10.6 Å². The van der Waals surface area contributed by atoms with E-state index in [0.29, 0.717) is 38.3 Å². The summed E-state index contributed by atoms with van der Waals surface area (Å²) in [7, 11) is 1.46. The highest BCUT2D eigenvalue weighted by molar-refractivity contribution is 5.94. The smallest absolute Gasteiger partial charge is 0.414 e. The zero-order chi connectivity index (χ0) is 22.7. The summed E-state index contributed by atoms with van der Waals surface area (Å²) in [5.41, 5.74) is 2.63. The molecule has 1 aliphatic heterocycles. The highest BCUT2D eigenvalue weighted by Crippen LogP contribution is 2.24. The lowest BCUT2D eigenvalue weighted by Crippen LogP contribution is -2.33. The molecule has 0 bridgehead atoms. The van der Waals surface area contributed by atoms with Crippen LogP contribution >= 0.6 is 0 Å². The number of halogens is 1. The Bertz CT molecular complexity index is 1150. The number of nitrogens with zero attached hydrogens (tertiary/aromatic N) is 4. The number of carbonyl (C=O) groups excluding carboxylic acids is 1. The van der Waals surface area contributed by atoms with Crippen LogP contribution in [-0.2, 0) is 13.1 Å². The Labute approximate surface area is 183 Å². The van der Waals surface area contributed by atoms with Crippen LogP contribution in [0.1, 0.15) is 15.9 Å². The fraction of sp³-hybridized carbons (Fsp3) is 0.273. The summed E-state index contributed by atoms with van der Waals surface area (Å²) in [6.07, 6.45) is 1.39. The maximum absolute atomic E-state index is 14.3. The number of ether oxygens (including phenoxy) is 1. The largest absolute Gasteiger partial charge is 0.444 e. The van der Waals surface area contributed by atoms with Crippen LogP contribution in [0.4, 0.5) is 10.2 Å². The van der Waals surface area contributed by atoms with E-state index in [2.05, 4.69) is 15.2 Å². The summed E-state index contributed by atoms with van der Waals surface area (Å²) in [4.78, 5) is 28.2. The first-order chi connectivity index (χ1) is 15.4. The molecule has 1 N–H and O–H groups in total. The second-order valence-electron chi connectivity index (χ2n) is 7.43. The van der Waals surface area contributed by atoms with Gasteiger partial charge in [-0.05, 0) is 33.7 Å². The molecule has 0 atom stereocenters. The standard InChI is InChI=1S/C22H22FN5O4/c1-24-21(29)18-7-6-17(12-19(18)23)16-4-2-15(3-5-16)13-26-8-9-27-14-20(28(30)31)25-22(27)32-11-10-26/h2-7,12,14H,8-11,13H2,1H3,(H,24,29). The SMILES string of the molecule is CNC(=O)c1ccc(-c2ccc(CN3CCOc4nc([N+](=O)[O-])cn4CC3)cc2)cc1F. The van der Waals surface area contributed by atoms with Crippen molar-refractivity contribution in [3.05, 3.63) is 75.7 Å². The molecule has 32 heavy (non-hydrogen) atoms. The summed E-state index contributed by atoms with van der Waals surface area (Å²) in [5, 5.41) is 13.4. The van der Waals surface area contributed by atoms with Gasteiger partial charge in [-0.3, -0.25) is 14.3 Å². The minimum atomic E-state index is -0.564. The van der Waals surface area contributed by atoms with Gasteiger partial charge >= 0.3 is 11.8 Å². The number of fused-ring (bicyclic) bond motifs is 1. The van der Waals surface area contributed by atoms with Gasteiger partial charge in [0.2, 0.25) is 0 Å². The molecular weight excluding hydrogens is 417 g/mol. The Balaban J connectivity index is 1.42. The van der Waals surface area contributed by atoms with Gasteiger partial charge in [-0.1, -0.05) is 30.3 Å². The van der Waals surface area contributed by atoms with E-state index in [9.17, 15) is 19.3 Å². The van der Waals surface area contributed by atoms with Gasteiger partial charge in [0.25, 0.3) is 5.91 Å². The van der Waals surface area contributed by atoms with Crippen LogP contribution in [0.3, 0.4) is 0 Å². The van der Waals surface area contributed by atoms with E-state index in [4.69, 9.17) is 4.74 Å². The molecule has 0 unspecified atom stereocenters. The average Bonchev–Trinajstić information content (AvgIpc) is 3.18. The molecule has 2 heterocycles. The van der Waals surface area contributed by atoms with Gasteiger partial charge in [0.1, 0.15) is 18.6 Å². The Morgan fingerprint density at radius 2 is 1.94 bits per heavy atom. The summed E-state index contributed by atoms with van der Waals surface area (Å²) in [6.45, 7) is 2.94. The van der Waals surface area contributed by atoms with E-state index >= 15 is 0 Å². The third-order valence-corrected chi connectivity index (χ3v) is 5.34. The molecule has 3 aromatic rings. The first kappa shape index (κ1) is 21.4. The maximum Gasteiger partial charge on any atom is 0.414 e. The number of rotatable bonds is 5. The van der Waals surface area contributed by atoms with Crippen molar-refractivity contribution in [2.24, 2.45) is 0 Å². The number of nitro groups is 1. The summed E-state index contributed by atoms with van der Waals surface area (Å²) in [5.74, 6) is -1.24. The molecule has 1 amide bonds. The number of amides is 1. The first-order valence-corrected chi connectivity index (χ1v) is 10.1. The van der Waals surface area contributed by atoms with Crippen molar-refractivity contribution in [2.75, 3.05) is 26.7 Å². The van der Waals surface area contributed by atoms with Crippen LogP contribution < -0.4 is 10.1 Å². The van der Waals surface area contributed by atoms with Gasteiger partial charge in [0.15, 0.2) is 0 Å². The third-order valence-electron chi connectivity index (χ3n) is 5.34. The average molecular weight is 439 g/mol. The summed E-state index contributed by atoms with van der Waals surface area (Å²) < 4.78 is 21.5. The molecule has 1 aromatic heterocycles. The fourth-order valence-corrected chi connectivity index (χ4v) is 3.61. The van der Waals surface area contributed by atoms with E-state index in [0.717, 1.165) is 11.1 Å². The molecule has 0 saturated carbocycles. The molecule has 0 radical (unpaired) electrons. The maximum atomic E-state index is 14.3. The lowest BCUT2D eigenvalue weighted by atomic mass is 10.0. The van der Waals surface area contributed by atoms with Crippen LogP contribution in [0.5, 0.6) is 6.01 Å². The number of nitrogens with one attached hydrogen (secondary N) is 1. The number of hydrogen-bond donors (Lipinski definition) is 1. The third kappa shape index (κ3) is 4.59. The predicted octanol–water partition coefficient (Wildman–Crippen LogP) is 2.85. The highest BCUT2D eigenvalue weighted by atomic mass is 19.1. The fourth-order valence-electron chi connectivity index (χ4n) is 3.61. The van der Waals surface area contributed by atoms with E-state index in [1.807, 2.05) is 24.3 Å². The molecule has 9 nitrogen and oxygen atoms in total. The quantitative estimate of drug-likeness (QED) is 0.485. The van der Waals surface area contributed by atoms with Gasteiger partial charge in [-0.2, -0.15) is 0 Å². The van der Waals surface area contributed by atoms with Crippen molar-refractivity contribution in [3.8, 4) is 17.1 Å². The second-order valence-corrected chi connectivity index (χ2v) is 7.43. The van der Waals surface area contributed by atoms with Crippen LogP contribution in [0.15, 0.2) is 48.7 Å². The topological polar surface area (TPSA) is 103 Å². The van der Waals surface area contributed by atoms with Gasteiger partial charge in [-0.15, -0.1) is 0 Å². The number of benzene rings is 2. The minimum absolute atomic E-state index is 0.0125. The zero-order valence-electron chi connectivity index (χ0n) is 17.5. The summed E-state index contributed by atoms with van der Waals surface area (Å²) >= 11 is 0. The predicted molar refractivity (Wildman–Crippen MR) is 115 cm³/mol. The van der Waals surface area contributed by atoms with Crippen molar-refractivity contribution in [2.45, 2.75) is 13.1 Å². The molecule has 166 valence electrons. The zero-order valence-corrected chi connectivity index (χ0v) is 17.5. The first-order valence-electron chi connectivity index (χ1n) is 10.1. The minimum Gasteiger partial charge on any atom is -0.444 e. The number of imidazole rings is 1. The number of hydrogen-bond acceptors (Lipinski definition) is 6. The molecule has 2 aromatic carbocycles. The summed E-state index contributed by atoms with van der Waals surface area (Å²) in [6, 6.07) is 12.6. The van der Waals surface area contributed by atoms with Crippen molar-refractivity contribution >= 4 is 11.7 Å². The van der Waals surface area contributed by atoms with Gasteiger partial charge in [-0.25, -0.2) is 4.39 Å². The second kappa shape index (κ2) is 9.15. The Hall–Kier alpha value is -3.79. The van der Waals surface area contributed by atoms with Crippen molar-refractivity contribution < 1.29 is 18.8 Å². The van der Waals surface area contributed by atoms with Gasteiger partial charge < -0.3 is 20.2 Å². The van der Waals surface area contributed by atoms with E-state index < -0.39 is 16.6 Å². The Morgan fingerprint density at radius 1 is 1.19 bits per heavy atom. The van der Waals surface area contributed by atoms with Crippen molar-refractivity contribution in [1.82, 2.24) is 19.8 Å². The van der Waals surface area contributed by atoms with Crippen molar-refractivity contribution in [1.29, 1.82) is 0 Å². The molecule has 1 aliphatic rings. The lowest BCUT2D eigenvalue weighted by Gasteiger charge is -2.24. The van der Waals surface area contributed by atoms with E-state index in [1.165, 1.54) is 25.4 Å². The van der Waals surface area contributed by atoms with Gasteiger partial charge in [0.05, 0.1) is 5.56 Å². The normalized spacial score (nSPS) is 14.1. The molecule has 0 fully saturated rings. The Kier molecular flexibility index (Phi) is 6.13. The molecule has 0 spiro atoms. The highest BCUT2D eigenvalue weighted by Gasteiger charge is 2.23. The molecule has 10 heteroatoms. The molecule has 0 aliphatic carbocycles. The van der Waals surface area contributed by atoms with Crippen LogP contribution in [0, 0.1) is 15.9 Å². The van der Waals surface area contributed by atoms with Crippen LogP contribution in [-0.4, -0.2) is 52.0 Å². The lowest BCUT2D eigenvalue weighted by molar-refractivity contribution is -0.389.